The van der Waals surface area contributed by atoms with Gasteiger partial charge in [0.1, 0.15) is 17.3 Å². The van der Waals surface area contributed by atoms with Crippen LogP contribution in [0.25, 0.3) is 0 Å². The summed E-state index contributed by atoms with van der Waals surface area (Å²) < 4.78 is 12.5. The summed E-state index contributed by atoms with van der Waals surface area (Å²) >= 11 is 2.24. The topological polar surface area (TPSA) is 48.4 Å². The Balaban J connectivity index is 2.18. The quantitative estimate of drug-likeness (QED) is 0.867. The highest BCUT2D eigenvalue weighted by molar-refractivity contribution is 14.1. The van der Waals surface area contributed by atoms with Crippen molar-refractivity contribution in [3.63, 3.8) is 0 Å². The van der Waals surface area contributed by atoms with Crippen LogP contribution in [0, 0.1) is 10.5 Å². The smallest absolute Gasteiger partial charge is 0.168 e. The molecule has 0 amide bonds. The molecule has 0 bridgehead atoms. The maximum absolute atomic E-state index is 5.87. The number of nitrogens with two attached hydrogens (primary N) is 1. The van der Waals surface area contributed by atoms with E-state index in [0.717, 1.165) is 20.8 Å². The summed E-state index contributed by atoms with van der Waals surface area (Å²) in [7, 11) is 0. The fourth-order valence-corrected chi connectivity index (χ4v) is 2.06. The van der Waals surface area contributed by atoms with Crippen molar-refractivity contribution in [3.8, 4) is 5.75 Å². The Bertz CT molecular complexity index is 496. The first-order valence-electron chi connectivity index (χ1n) is 5.38. The maximum Gasteiger partial charge on any atom is 0.168 e. The van der Waals surface area contributed by atoms with E-state index in [2.05, 4.69) is 22.6 Å². The summed E-state index contributed by atoms with van der Waals surface area (Å²) in [5.74, 6) is 2.46. The summed E-state index contributed by atoms with van der Waals surface area (Å²) in [6.07, 6.45) is -0.236. The van der Waals surface area contributed by atoms with Gasteiger partial charge >= 0.3 is 0 Å². The summed E-state index contributed by atoms with van der Waals surface area (Å²) in [4.78, 5) is 0. The number of ether oxygens (including phenoxy) is 1. The molecule has 90 valence electrons. The molecule has 0 saturated carbocycles. The van der Waals surface area contributed by atoms with Crippen molar-refractivity contribution in [3.05, 3.63) is 51.5 Å². The van der Waals surface area contributed by atoms with Gasteiger partial charge in [-0.1, -0.05) is 12.1 Å². The van der Waals surface area contributed by atoms with Crippen LogP contribution in [-0.4, -0.2) is 6.54 Å². The van der Waals surface area contributed by atoms with E-state index in [4.69, 9.17) is 14.9 Å². The fourth-order valence-electron chi connectivity index (χ4n) is 1.54. The number of hydrogen-bond acceptors (Lipinski definition) is 3. The molecule has 1 aromatic heterocycles. The van der Waals surface area contributed by atoms with Crippen LogP contribution in [0.15, 0.2) is 40.8 Å². The standard InChI is InChI=1S/C13H14INO2/c1-9-6-7-12(16-9)13(8-15)17-11-5-3-2-4-10(11)14/h2-7,13H,8,15H2,1H3. The molecule has 2 aromatic rings. The van der Waals surface area contributed by atoms with Gasteiger partial charge in [0.25, 0.3) is 0 Å². The Kier molecular flexibility index (Phi) is 4.06. The summed E-state index contributed by atoms with van der Waals surface area (Å²) in [5.41, 5.74) is 5.72. The molecular weight excluding hydrogens is 329 g/mol. The lowest BCUT2D eigenvalue weighted by atomic mass is 10.2. The van der Waals surface area contributed by atoms with Gasteiger partial charge in [0.2, 0.25) is 0 Å². The van der Waals surface area contributed by atoms with Crippen LogP contribution in [0.2, 0.25) is 0 Å². The Hall–Kier alpha value is -1.01. The van der Waals surface area contributed by atoms with E-state index in [1.165, 1.54) is 0 Å². The van der Waals surface area contributed by atoms with E-state index < -0.39 is 0 Å². The molecule has 0 saturated heterocycles. The molecule has 2 N–H and O–H groups in total. The van der Waals surface area contributed by atoms with Crippen LogP contribution in [0.5, 0.6) is 5.75 Å². The van der Waals surface area contributed by atoms with Crippen LogP contribution in [0.1, 0.15) is 17.6 Å². The first-order valence-corrected chi connectivity index (χ1v) is 6.46. The second-order valence-corrected chi connectivity index (χ2v) is 4.88. The number of hydrogen-bond donors (Lipinski definition) is 1. The van der Waals surface area contributed by atoms with Crippen molar-refractivity contribution in [2.45, 2.75) is 13.0 Å². The molecule has 1 atom stereocenters. The van der Waals surface area contributed by atoms with Gasteiger partial charge in [0.05, 0.1) is 3.57 Å². The molecule has 0 radical (unpaired) electrons. The summed E-state index contributed by atoms with van der Waals surface area (Å²) in [5, 5.41) is 0. The second kappa shape index (κ2) is 5.55. The lowest BCUT2D eigenvalue weighted by Crippen LogP contribution is -2.18. The third kappa shape index (κ3) is 3.01. The molecule has 3 nitrogen and oxygen atoms in total. The van der Waals surface area contributed by atoms with Crippen molar-refractivity contribution >= 4 is 22.6 Å². The van der Waals surface area contributed by atoms with Gasteiger partial charge < -0.3 is 14.9 Å². The number of para-hydroxylation sites is 1. The molecule has 1 heterocycles. The van der Waals surface area contributed by atoms with Gasteiger partial charge in [-0.25, -0.2) is 0 Å². The molecule has 4 heteroatoms. The van der Waals surface area contributed by atoms with Gasteiger partial charge in [0, 0.05) is 6.54 Å². The van der Waals surface area contributed by atoms with E-state index in [1.807, 2.05) is 43.3 Å². The number of benzene rings is 1. The third-order valence-corrected chi connectivity index (χ3v) is 3.29. The zero-order valence-electron chi connectivity index (χ0n) is 9.52. The molecule has 1 aromatic carbocycles. The fraction of sp³-hybridized carbons (Fsp3) is 0.231. The molecule has 0 spiro atoms. The lowest BCUT2D eigenvalue weighted by Gasteiger charge is -2.16. The zero-order chi connectivity index (χ0) is 12.3. The van der Waals surface area contributed by atoms with E-state index in [9.17, 15) is 0 Å². The molecule has 0 aliphatic carbocycles. The molecule has 1 unspecified atom stereocenters. The zero-order valence-corrected chi connectivity index (χ0v) is 11.7. The van der Waals surface area contributed by atoms with E-state index in [-0.39, 0.29) is 6.10 Å². The second-order valence-electron chi connectivity index (χ2n) is 3.72. The van der Waals surface area contributed by atoms with Gasteiger partial charge in [0.15, 0.2) is 6.10 Å². The predicted octanol–water partition coefficient (Wildman–Crippen LogP) is 3.27. The highest BCUT2D eigenvalue weighted by atomic mass is 127. The first kappa shape index (κ1) is 12.4. The molecule has 0 fully saturated rings. The van der Waals surface area contributed by atoms with Crippen LogP contribution in [0.3, 0.4) is 0 Å². The van der Waals surface area contributed by atoms with Crippen molar-refractivity contribution in [1.29, 1.82) is 0 Å². The Labute approximate surface area is 114 Å². The SMILES string of the molecule is Cc1ccc(C(CN)Oc2ccccc2I)o1. The average Bonchev–Trinajstić information content (AvgIpc) is 2.75. The number of furan rings is 1. The average molecular weight is 343 g/mol. The van der Waals surface area contributed by atoms with Crippen molar-refractivity contribution in [2.24, 2.45) is 5.73 Å². The van der Waals surface area contributed by atoms with Gasteiger partial charge in [-0.3, -0.25) is 0 Å². The van der Waals surface area contributed by atoms with E-state index >= 15 is 0 Å². The first-order chi connectivity index (χ1) is 8.20. The Morgan fingerprint density at radius 3 is 2.65 bits per heavy atom. The summed E-state index contributed by atoms with van der Waals surface area (Å²) in [6, 6.07) is 11.7. The monoisotopic (exact) mass is 343 g/mol. The van der Waals surface area contributed by atoms with Crippen molar-refractivity contribution in [1.82, 2.24) is 0 Å². The molecular formula is C13H14INO2. The number of halogens is 1. The highest BCUT2D eigenvalue weighted by Crippen LogP contribution is 2.26. The Morgan fingerprint density at radius 1 is 1.29 bits per heavy atom. The predicted molar refractivity (Wildman–Crippen MR) is 75.0 cm³/mol. The van der Waals surface area contributed by atoms with E-state index in [0.29, 0.717) is 6.54 Å². The molecule has 2 rings (SSSR count). The van der Waals surface area contributed by atoms with Gasteiger partial charge in [-0.05, 0) is 53.8 Å². The molecule has 0 aliphatic rings. The number of aryl methyl sites for hydroxylation is 1. The molecule has 17 heavy (non-hydrogen) atoms. The lowest BCUT2D eigenvalue weighted by molar-refractivity contribution is 0.181. The maximum atomic E-state index is 5.87. The third-order valence-electron chi connectivity index (χ3n) is 2.40. The van der Waals surface area contributed by atoms with Crippen LogP contribution < -0.4 is 10.5 Å². The molecule has 0 aliphatic heterocycles. The Morgan fingerprint density at radius 2 is 2.06 bits per heavy atom. The van der Waals surface area contributed by atoms with Crippen molar-refractivity contribution < 1.29 is 9.15 Å². The largest absolute Gasteiger partial charge is 0.480 e. The normalized spacial score (nSPS) is 12.4. The van der Waals surface area contributed by atoms with Crippen LogP contribution in [0.4, 0.5) is 0 Å². The highest BCUT2D eigenvalue weighted by Gasteiger charge is 2.16. The minimum Gasteiger partial charge on any atom is -0.480 e. The minimum atomic E-state index is -0.236. The van der Waals surface area contributed by atoms with Gasteiger partial charge in [-0.2, -0.15) is 0 Å². The van der Waals surface area contributed by atoms with Crippen LogP contribution >= 0.6 is 22.6 Å². The van der Waals surface area contributed by atoms with E-state index in [1.54, 1.807) is 0 Å². The van der Waals surface area contributed by atoms with Crippen molar-refractivity contribution in [2.75, 3.05) is 6.54 Å². The van der Waals surface area contributed by atoms with Gasteiger partial charge in [-0.15, -0.1) is 0 Å². The minimum absolute atomic E-state index is 0.236. The number of rotatable bonds is 4. The van der Waals surface area contributed by atoms with Crippen LogP contribution in [-0.2, 0) is 0 Å². The summed E-state index contributed by atoms with van der Waals surface area (Å²) in [6.45, 7) is 2.29.